The zero-order chi connectivity index (χ0) is 13.8. The lowest BCUT2D eigenvalue weighted by Gasteiger charge is -2.37. The quantitative estimate of drug-likeness (QED) is 0.724. The lowest BCUT2D eigenvalue weighted by molar-refractivity contribution is 0.0581. The average Bonchev–Trinajstić information content (AvgIpc) is 2.34. The first-order chi connectivity index (χ1) is 9.13. The van der Waals surface area contributed by atoms with Gasteiger partial charge in [-0.15, -0.1) is 0 Å². The third kappa shape index (κ3) is 3.51. The van der Waals surface area contributed by atoms with E-state index in [-0.39, 0.29) is 5.91 Å². The molecule has 0 aromatic heterocycles. The summed E-state index contributed by atoms with van der Waals surface area (Å²) in [6.07, 6.45) is 4.49. The minimum Gasteiger partial charge on any atom is -0.336 e. The average molecular weight is 345 g/mol. The van der Waals surface area contributed by atoms with Crippen LogP contribution < -0.4 is 0 Å². The van der Waals surface area contributed by atoms with Crippen molar-refractivity contribution in [3.8, 4) is 0 Å². The van der Waals surface area contributed by atoms with Crippen LogP contribution in [0.5, 0.6) is 0 Å². The van der Waals surface area contributed by atoms with E-state index in [4.69, 9.17) is 11.6 Å². The maximum absolute atomic E-state index is 12.6. The van der Waals surface area contributed by atoms with Crippen molar-refractivity contribution in [2.75, 3.05) is 11.9 Å². The second kappa shape index (κ2) is 6.76. The molecule has 1 aromatic rings. The molecule has 0 unspecified atom stereocenters. The third-order valence-corrected chi connectivity index (χ3v) is 4.70. The Morgan fingerprint density at radius 2 is 2.21 bits per heavy atom. The van der Waals surface area contributed by atoms with Crippen molar-refractivity contribution in [3.63, 3.8) is 0 Å². The van der Waals surface area contributed by atoms with Crippen molar-refractivity contribution in [1.82, 2.24) is 4.90 Å². The van der Waals surface area contributed by atoms with Gasteiger partial charge in [-0.2, -0.15) is 0 Å². The van der Waals surface area contributed by atoms with Gasteiger partial charge in [0.05, 0.1) is 0 Å². The summed E-state index contributed by atoms with van der Waals surface area (Å²) in [4.78, 5) is 14.6. The fraction of sp³-hybridized carbons (Fsp3) is 0.533. The van der Waals surface area contributed by atoms with Crippen LogP contribution in [0.25, 0.3) is 0 Å². The van der Waals surface area contributed by atoms with E-state index in [1.54, 1.807) is 6.07 Å². The van der Waals surface area contributed by atoms with Crippen LogP contribution in [-0.2, 0) is 0 Å². The molecule has 1 saturated carbocycles. The molecule has 2 rings (SSSR count). The number of rotatable bonds is 5. The number of carbonyl (C=O) groups excluding carboxylic acids is 1. The van der Waals surface area contributed by atoms with Gasteiger partial charge in [-0.1, -0.05) is 33.6 Å². The Morgan fingerprint density at radius 1 is 1.47 bits per heavy atom. The molecular formula is C15H19BrClNO. The minimum atomic E-state index is 0.118. The van der Waals surface area contributed by atoms with Crippen LogP contribution in [0, 0.1) is 6.92 Å². The second-order valence-electron chi connectivity index (χ2n) is 5.09. The predicted octanol–water partition coefficient (Wildman–Crippen LogP) is 4.43. The Morgan fingerprint density at radius 3 is 2.74 bits per heavy atom. The highest BCUT2D eigenvalue weighted by molar-refractivity contribution is 9.09. The first-order valence-corrected chi connectivity index (χ1v) is 8.26. The Labute approximate surface area is 128 Å². The van der Waals surface area contributed by atoms with Crippen LogP contribution in [0.15, 0.2) is 18.2 Å². The van der Waals surface area contributed by atoms with Crippen LogP contribution in [0.3, 0.4) is 0 Å². The minimum absolute atomic E-state index is 0.118. The highest BCUT2D eigenvalue weighted by atomic mass is 79.9. The van der Waals surface area contributed by atoms with Crippen LogP contribution in [0.1, 0.15) is 41.6 Å². The van der Waals surface area contributed by atoms with Crippen molar-refractivity contribution >= 4 is 33.4 Å². The van der Waals surface area contributed by atoms with Gasteiger partial charge in [0.15, 0.2) is 0 Å². The normalized spacial score (nSPS) is 15.1. The summed E-state index contributed by atoms with van der Waals surface area (Å²) in [5.41, 5.74) is 1.71. The molecule has 19 heavy (non-hydrogen) atoms. The van der Waals surface area contributed by atoms with Crippen LogP contribution in [0.4, 0.5) is 0 Å². The molecule has 0 heterocycles. The van der Waals surface area contributed by atoms with Gasteiger partial charge in [-0.3, -0.25) is 4.79 Å². The molecule has 0 aliphatic heterocycles. The van der Waals surface area contributed by atoms with E-state index in [9.17, 15) is 4.79 Å². The van der Waals surface area contributed by atoms with Gasteiger partial charge in [0.2, 0.25) is 0 Å². The van der Waals surface area contributed by atoms with Crippen molar-refractivity contribution < 1.29 is 4.79 Å². The van der Waals surface area contributed by atoms with Crippen molar-refractivity contribution in [3.05, 3.63) is 34.3 Å². The molecule has 2 nitrogen and oxygen atoms in total. The zero-order valence-electron chi connectivity index (χ0n) is 11.2. The smallest absolute Gasteiger partial charge is 0.254 e. The number of alkyl halides is 1. The van der Waals surface area contributed by atoms with Gasteiger partial charge in [-0.25, -0.2) is 0 Å². The van der Waals surface area contributed by atoms with Crippen molar-refractivity contribution in [2.24, 2.45) is 0 Å². The van der Waals surface area contributed by atoms with Crippen LogP contribution in [-0.4, -0.2) is 28.7 Å². The molecule has 1 fully saturated rings. The molecule has 104 valence electrons. The molecule has 0 spiro atoms. The lowest BCUT2D eigenvalue weighted by Crippen LogP contribution is -2.44. The molecule has 0 radical (unpaired) electrons. The summed E-state index contributed by atoms with van der Waals surface area (Å²) in [6.45, 7) is 2.77. The van der Waals surface area contributed by atoms with E-state index in [1.165, 1.54) is 6.42 Å². The number of aryl methyl sites for hydroxylation is 1. The van der Waals surface area contributed by atoms with Crippen molar-refractivity contribution in [1.29, 1.82) is 0 Å². The first-order valence-electron chi connectivity index (χ1n) is 6.76. The van der Waals surface area contributed by atoms with E-state index in [0.717, 1.165) is 36.7 Å². The van der Waals surface area contributed by atoms with E-state index in [0.29, 0.717) is 16.6 Å². The van der Waals surface area contributed by atoms with Crippen molar-refractivity contribution in [2.45, 2.75) is 38.6 Å². The summed E-state index contributed by atoms with van der Waals surface area (Å²) >= 11 is 9.55. The molecular weight excluding hydrogens is 326 g/mol. The highest BCUT2D eigenvalue weighted by Gasteiger charge is 2.29. The number of halogens is 2. The van der Waals surface area contributed by atoms with Gasteiger partial charge in [0.1, 0.15) is 0 Å². The van der Waals surface area contributed by atoms with Gasteiger partial charge in [0.25, 0.3) is 5.91 Å². The SMILES string of the molecule is Cc1ccc(C(=O)N(CCCBr)C2CCC2)cc1Cl. The first kappa shape index (κ1) is 14.9. The number of carbonyl (C=O) groups is 1. The molecule has 4 heteroatoms. The molecule has 1 aromatic carbocycles. The molecule has 1 aliphatic carbocycles. The van der Waals surface area contributed by atoms with Gasteiger partial charge in [0, 0.05) is 28.5 Å². The largest absolute Gasteiger partial charge is 0.336 e. The highest BCUT2D eigenvalue weighted by Crippen LogP contribution is 2.27. The fourth-order valence-corrected chi connectivity index (χ4v) is 2.70. The number of benzene rings is 1. The predicted molar refractivity (Wildman–Crippen MR) is 83.3 cm³/mol. The molecule has 1 aliphatic rings. The standard InChI is InChI=1S/C15H19BrClNO/c1-11-6-7-12(10-14(11)17)15(19)18(9-3-8-16)13-4-2-5-13/h6-7,10,13H,2-5,8-9H2,1H3. The number of hydrogen-bond donors (Lipinski definition) is 0. The fourth-order valence-electron chi connectivity index (χ4n) is 2.27. The molecule has 0 bridgehead atoms. The summed E-state index contributed by atoms with van der Waals surface area (Å²) < 4.78 is 0. The Bertz CT molecular complexity index is 459. The van der Waals surface area contributed by atoms with E-state index < -0.39 is 0 Å². The third-order valence-electron chi connectivity index (χ3n) is 3.73. The second-order valence-corrected chi connectivity index (χ2v) is 6.29. The molecule has 0 atom stereocenters. The summed E-state index contributed by atoms with van der Waals surface area (Å²) in [5, 5.41) is 1.60. The topological polar surface area (TPSA) is 20.3 Å². The number of hydrogen-bond acceptors (Lipinski definition) is 1. The monoisotopic (exact) mass is 343 g/mol. The number of amides is 1. The van der Waals surface area contributed by atoms with Crippen LogP contribution >= 0.6 is 27.5 Å². The maximum atomic E-state index is 12.6. The van der Waals surface area contributed by atoms with Crippen LogP contribution in [0.2, 0.25) is 5.02 Å². The Kier molecular flexibility index (Phi) is 5.28. The van der Waals surface area contributed by atoms with Gasteiger partial charge < -0.3 is 4.90 Å². The number of nitrogens with zero attached hydrogens (tertiary/aromatic N) is 1. The summed E-state index contributed by atoms with van der Waals surface area (Å²) in [7, 11) is 0. The van der Waals surface area contributed by atoms with E-state index in [1.807, 2.05) is 24.0 Å². The van der Waals surface area contributed by atoms with Gasteiger partial charge >= 0.3 is 0 Å². The summed E-state index contributed by atoms with van der Waals surface area (Å²) in [5.74, 6) is 0.118. The lowest BCUT2D eigenvalue weighted by atomic mass is 9.90. The molecule has 1 amide bonds. The maximum Gasteiger partial charge on any atom is 0.254 e. The molecule has 0 N–H and O–H groups in total. The Hall–Kier alpha value is -0.540. The van der Waals surface area contributed by atoms with E-state index in [2.05, 4.69) is 15.9 Å². The summed E-state index contributed by atoms with van der Waals surface area (Å²) in [6, 6.07) is 6.01. The Balaban J connectivity index is 2.15. The zero-order valence-corrected chi connectivity index (χ0v) is 13.5. The van der Waals surface area contributed by atoms with Gasteiger partial charge in [-0.05, 0) is 50.3 Å². The molecule has 0 saturated heterocycles. The van der Waals surface area contributed by atoms with E-state index >= 15 is 0 Å².